The molecule has 18 heavy (non-hydrogen) atoms. The van der Waals surface area contributed by atoms with E-state index in [0.29, 0.717) is 0 Å². The van der Waals surface area contributed by atoms with E-state index in [1.807, 2.05) is 12.1 Å². The van der Waals surface area contributed by atoms with E-state index in [1.54, 1.807) is 0 Å². The maximum absolute atomic E-state index is 12.0. The van der Waals surface area contributed by atoms with Gasteiger partial charge in [-0.2, -0.15) is 0 Å². The summed E-state index contributed by atoms with van der Waals surface area (Å²) in [5.41, 5.74) is 2.52. The zero-order valence-electron chi connectivity index (χ0n) is 10.6. The Balaban J connectivity index is 1.82. The molecular weight excluding hydrogens is 230 g/mol. The van der Waals surface area contributed by atoms with Crippen LogP contribution in [0.15, 0.2) is 24.3 Å². The second kappa shape index (κ2) is 5.98. The average molecular weight is 249 g/mol. The van der Waals surface area contributed by atoms with Crippen molar-refractivity contribution in [3.8, 4) is 0 Å². The molecule has 0 bridgehead atoms. The second-order valence-electron chi connectivity index (χ2n) is 4.73. The number of carbonyl (C=O) groups is 1. The minimum absolute atomic E-state index is 0.00264. The predicted molar refractivity (Wildman–Crippen MR) is 68.2 cm³/mol. The Hall–Kier alpha value is -1.39. The molecule has 1 atom stereocenters. The van der Waals surface area contributed by atoms with Crippen molar-refractivity contribution in [3.05, 3.63) is 35.4 Å². The minimum Gasteiger partial charge on any atom is -0.389 e. The number of ether oxygens (including phenoxy) is 1. The highest BCUT2D eigenvalue weighted by molar-refractivity contribution is 5.80. The normalized spacial score (nSPS) is 16.3. The molecule has 98 valence electrons. The third-order valence-corrected chi connectivity index (χ3v) is 3.29. The Kier molecular flexibility index (Phi) is 4.33. The van der Waals surface area contributed by atoms with Gasteiger partial charge in [0.2, 0.25) is 5.91 Å². The molecule has 1 amide bonds. The van der Waals surface area contributed by atoms with Crippen molar-refractivity contribution in [1.29, 1.82) is 0 Å². The van der Waals surface area contributed by atoms with Crippen LogP contribution in [-0.2, 0) is 22.4 Å². The summed E-state index contributed by atoms with van der Waals surface area (Å²) in [6, 6.07) is 8.15. The molecule has 1 unspecified atom stereocenters. The van der Waals surface area contributed by atoms with Crippen LogP contribution in [0.2, 0.25) is 0 Å². The van der Waals surface area contributed by atoms with Crippen LogP contribution in [0.1, 0.15) is 11.1 Å². The first-order chi connectivity index (χ1) is 8.70. The summed E-state index contributed by atoms with van der Waals surface area (Å²) >= 11 is 0. The summed E-state index contributed by atoms with van der Waals surface area (Å²) in [6.07, 6.45) is 0.952. The summed E-state index contributed by atoms with van der Waals surface area (Å²) in [4.78, 5) is 12.0. The fourth-order valence-corrected chi connectivity index (χ4v) is 2.36. The molecule has 2 rings (SSSR count). The van der Waals surface area contributed by atoms with Gasteiger partial charge in [-0.25, -0.2) is 0 Å². The quantitative estimate of drug-likeness (QED) is 0.800. The van der Waals surface area contributed by atoms with Gasteiger partial charge in [0.1, 0.15) is 0 Å². The molecule has 0 saturated heterocycles. The summed E-state index contributed by atoms with van der Waals surface area (Å²) in [6.45, 7) is 0.491. The molecule has 1 aliphatic rings. The van der Waals surface area contributed by atoms with E-state index >= 15 is 0 Å². The molecule has 0 aromatic heterocycles. The summed E-state index contributed by atoms with van der Waals surface area (Å²) in [7, 11) is 1.53. The Morgan fingerprint density at radius 1 is 1.44 bits per heavy atom. The first kappa shape index (κ1) is 13.1. The van der Waals surface area contributed by atoms with Crippen LogP contribution in [0.25, 0.3) is 0 Å². The lowest BCUT2D eigenvalue weighted by molar-refractivity contribution is -0.125. The van der Waals surface area contributed by atoms with Crippen LogP contribution in [-0.4, -0.2) is 37.4 Å². The molecular formula is C14H19NO3. The van der Waals surface area contributed by atoms with Crippen LogP contribution < -0.4 is 5.32 Å². The van der Waals surface area contributed by atoms with E-state index < -0.39 is 6.10 Å². The van der Waals surface area contributed by atoms with E-state index in [9.17, 15) is 9.90 Å². The number of rotatable bonds is 5. The Morgan fingerprint density at radius 2 is 2.06 bits per heavy atom. The molecule has 1 aromatic rings. The van der Waals surface area contributed by atoms with E-state index in [4.69, 9.17) is 4.74 Å². The molecule has 4 heteroatoms. The lowest BCUT2D eigenvalue weighted by Gasteiger charge is -2.13. The third kappa shape index (κ3) is 3.09. The van der Waals surface area contributed by atoms with Crippen molar-refractivity contribution in [1.82, 2.24) is 5.32 Å². The number of hydrogen-bond acceptors (Lipinski definition) is 3. The molecule has 1 aliphatic carbocycles. The van der Waals surface area contributed by atoms with Gasteiger partial charge in [0, 0.05) is 19.6 Å². The van der Waals surface area contributed by atoms with Gasteiger partial charge in [0.25, 0.3) is 0 Å². The van der Waals surface area contributed by atoms with E-state index in [1.165, 1.54) is 18.2 Å². The van der Waals surface area contributed by atoms with Crippen LogP contribution in [0.3, 0.4) is 0 Å². The van der Waals surface area contributed by atoms with Crippen molar-refractivity contribution in [2.24, 2.45) is 5.92 Å². The fourth-order valence-electron chi connectivity index (χ4n) is 2.36. The molecule has 0 radical (unpaired) electrons. The van der Waals surface area contributed by atoms with Gasteiger partial charge in [-0.05, 0) is 24.0 Å². The third-order valence-electron chi connectivity index (χ3n) is 3.29. The van der Waals surface area contributed by atoms with Crippen molar-refractivity contribution in [2.75, 3.05) is 20.3 Å². The van der Waals surface area contributed by atoms with Gasteiger partial charge in [0.05, 0.1) is 12.7 Å². The molecule has 1 aromatic carbocycles. The molecule has 0 aliphatic heterocycles. The topological polar surface area (TPSA) is 58.6 Å². The van der Waals surface area contributed by atoms with Crippen molar-refractivity contribution < 1.29 is 14.6 Å². The van der Waals surface area contributed by atoms with Gasteiger partial charge in [0.15, 0.2) is 0 Å². The number of amides is 1. The largest absolute Gasteiger partial charge is 0.389 e. The number of carbonyl (C=O) groups excluding carboxylic acids is 1. The fraction of sp³-hybridized carbons (Fsp3) is 0.500. The lowest BCUT2D eigenvalue weighted by Crippen LogP contribution is -2.38. The van der Waals surface area contributed by atoms with Crippen LogP contribution in [0, 0.1) is 5.92 Å². The smallest absolute Gasteiger partial charge is 0.223 e. The monoisotopic (exact) mass is 249 g/mol. The predicted octanol–water partition coefficient (Wildman–Crippen LogP) is 0.525. The highest BCUT2D eigenvalue weighted by atomic mass is 16.5. The van der Waals surface area contributed by atoms with Gasteiger partial charge in [-0.1, -0.05) is 24.3 Å². The number of methoxy groups -OCH3 is 1. The van der Waals surface area contributed by atoms with Crippen molar-refractivity contribution in [3.63, 3.8) is 0 Å². The van der Waals surface area contributed by atoms with Crippen LogP contribution in [0.5, 0.6) is 0 Å². The van der Waals surface area contributed by atoms with Gasteiger partial charge in [-0.3, -0.25) is 4.79 Å². The maximum Gasteiger partial charge on any atom is 0.223 e. The van der Waals surface area contributed by atoms with Gasteiger partial charge < -0.3 is 15.2 Å². The van der Waals surface area contributed by atoms with Gasteiger partial charge >= 0.3 is 0 Å². The highest BCUT2D eigenvalue weighted by Gasteiger charge is 2.26. The second-order valence-corrected chi connectivity index (χ2v) is 4.73. The van der Waals surface area contributed by atoms with Gasteiger partial charge in [-0.15, -0.1) is 0 Å². The maximum atomic E-state index is 12.0. The lowest BCUT2D eigenvalue weighted by atomic mass is 10.1. The zero-order valence-corrected chi connectivity index (χ0v) is 10.6. The summed E-state index contributed by atoms with van der Waals surface area (Å²) in [5, 5.41) is 12.2. The van der Waals surface area contributed by atoms with Crippen molar-refractivity contribution >= 4 is 5.91 Å². The average Bonchev–Trinajstić information content (AvgIpc) is 2.80. The molecule has 2 N–H and O–H groups in total. The number of fused-ring (bicyclic) bond motifs is 1. The number of benzene rings is 1. The highest BCUT2D eigenvalue weighted by Crippen LogP contribution is 2.26. The molecule has 0 spiro atoms. The number of nitrogens with one attached hydrogen (secondary N) is 1. The Bertz CT molecular complexity index is 394. The number of aliphatic hydroxyl groups is 1. The summed E-state index contributed by atoms with van der Waals surface area (Å²) in [5.74, 6) is 0.0125. The van der Waals surface area contributed by atoms with E-state index in [-0.39, 0.29) is 25.0 Å². The molecule has 0 fully saturated rings. The molecule has 4 nitrogen and oxygen atoms in total. The molecule has 0 saturated carbocycles. The molecule has 0 heterocycles. The minimum atomic E-state index is -0.636. The van der Waals surface area contributed by atoms with Crippen molar-refractivity contribution in [2.45, 2.75) is 18.9 Å². The van der Waals surface area contributed by atoms with E-state index in [0.717, 1.165) is 12.8 Å². The Labute approximate surface area is 107 Å². The summed E-state index contributed by atoms with van der Waals surface area (Å²) < 4.78 is 4.81. The SMILES string of the molecule is COCC(O)CNC(=O)C1Cc2ccccc2C1. The first-order valence-electron chi connectivity index (χ1n) is 6.22. The first-order valence-corrected chi connectivity index (χ1v) is 6.22. The van der Waals surface area contributed by atoms with Crippen LogP contribution in [0.4, 0.5) is 0 Å². The number of hydrogen-bond donors (Lipinski definition) is 2. The zero-order chi connectivity index (χ0) is 13.0. The number of aliphatic hydroxyl groups excluding tert-OH is 1. The van der Waals surface area contributed by atoms with E-state index in [2.05, 4.69) is 17.4 Å². The van der Waals surface area contributed by atoms with Crippen LogP contribution >= 0.6 is 0 Å². The standard InChI is InChI=1S/C14H19NO3/c1-18-9-13(16)8-15-14(17)12-6-10-4-2-3-5-11(10)7-12/h2-5,12-13,16H,6-9H2,1H3,(H,15,17). The Morgan fingerprint density at radius 3 is 2.61 bits per heavy atom.